The predicted molar refractivity (Wildman–Crippen MR) is 126 cm³/mol. The van der Waals surface area contributed by atoms with Crippen LogP contribution in [0.25, 0.3) is 33.4 Å². The summed E-state index contributed by atoms with van der Waals surface area (Å²) in [6, 6.07) is 25.7. The van der Waals surface area contributed by atoms with Crippen LogP contribution in [-0.2, 0) is 0 Å². The van der Waals surface area contributed by atoms with Crippen LogP contribution in [0.5, 0.6) is 0 Å². The van der Waals surface area contributed by atoms with Gasteiger partial charge in [0.05, 0.1) is 11.1 Å². The first-order chi connectivity index (χ1) is 15.4. The van der Waals surface area contributed by atoms with Gasteiger partial charge in [-0.15, -0.1) is 0 Å². The van der Waals surface area contributed by atoms with Gasteiger partial charge in [-0.2, -0.15) is 0 Å². The summed E-state index contributed by atoms with van der Waals surface area (Å²) in [6.45, 7) is 3.90. The molecule has 0 spiro atoms. The molecular weight excluding hydrogens is 400 g/mol. The van der Waals surface area contributed by atoms with Gasteiger partial charge >= 0.3 is 11.9 Å². The van der Waals surface area contributed by atoms with Crippen LogP contribution in [0.3, 0.4) is 0 Å². The Kier molecular flexibility index (Phi) is 5.61. The number of carbonyl (C=O) groups is 2. The number of aryl methyl sites for hydroxylation is 1. The van der Waals surface area contributed by atoms with Crippen LogP contribution in [0.15, 0.2) is 84.9 Å². The largest absolute Gasteiger partial charge is 0.478 e. The molecule has 0 unspecified atom stereocenters. The van der Waals surface area contributed by atoms with E-state index >= 15 is 0 Å². The van der Waals surface area contributed by atoms with E-state index in [1.54, 1.807) is 48.5 Å². The average Bonchev–Trinajstić information content (AvgIpc) is 2.80. The van der Waals surface area contributed by atoms with E-state index in [0.29, 0.717) is 11.1 Å². The maximum atomic E-state index is 12.1. The Bertz CT molecular complexity index is 1340. The number of carboxylic acids is 2. The Labute approximate surface area is 186 Å². The van der Waals surface area contributed by atoms with E-state index in [-0.39, 0.29) is 11.1 Å². The summed E-state index contributed by atoms with van der Waals surface area (Å²) in [4.78, 5) is 24.1. The van der Waals surface area contributed by atoms with Crippen molar-refractivity contribution < 1.29 is 19.8 Å². The molecule has 4 rings (SSSR count). The molecular formula is C28H22O4. The number of rotatable bonds is 5. The van der Waals surface area contributed by atoms with Crippen molar-refractivity contribution in [2.24, 2.45) is 0 Å². The van der Waals surface area contributed by atoms with E-state index < -0.39 is 11.9 Å². The molecule has 32 heavy (non-hydrogen) atoms. The van der Waals surface area contributed by atoms with Gasteiger partial charge in [-0.25, -0.2) is 9.59 Å². The highest BCUT2D eigenvalue weighted by Crippen LogP contribution is 2.44. The van der Waals surface area contributed by atoms with E-state index in [0.717, 1.165) is 33.4 Å². The molecule has 158 valence electrons. The van der Waals surface area contributed by atoms with Gasteiger partial charge in [-0.1, -0.05) is 72.8 Å². The second-order valence-electron chi connectivity index (χ2n) is 7.68. The lowest BCUT2D eigenvalue weighted by Gasteiger charge is -2.22. The van der Waals surface area contributed by atoms with Crippen molar-refractivity contribution in [3.63, 3.8) is 0 Å². The summed E-state index contributed by atoms with van der Waals surface area (Å²) >= 11 is 0. The Morgan fingerprint density at radius 3 is 1.59 bits per heavy atom. The molecule has 0 bridgehead atoms. The smallest absolute Gasteiger partial charge is 0.336 e. The van der Waals surface area contributed by atoms with Gasteiger partial charge in [0.15, 0.2) is 0 Å². The zero-order chi connectivity index (χ0) is 22.8. The second-order valence-corrected chi connectivity index (χ2v) is 7.68. The minimum absolute atomic E-state index is 0.175. The van der Waals surface area contributed by atoms with Gasteiger partial charge in [0.1, 0.15) is 0 Å². The van der Waals surface area contributed by atoms with Gasteiger partial charge in [0.25, 0.3) is 0 Å². The van der Waals surface area contributed by atoms with Crippen molar-refractivity contribution in [1.29, 1.82) is 0 Å². The summed E-state index contributed by atoms with van der Waals surface area (Å²) in [5.41, 5.74) is 6.71. The quantitative estimate of drug-likeness (QED) is 0.375. The maximum Gasteiger partial charge on any atom is 0.336 e. The van der Waals surface area contributed by atoms with Gasteiger partial charge in [0, 0.05) is 0 Å². The molecule has 2 N–H and O–H groups in total. The van der Waals surface area contributed by atoms with Crippen LogP contribution in [0.2, 0.25) is 0 Å². The Morgan fingerprint density at radius 2 is 1.06 bits per heavy atom. The van der Waals surface area contributed by atoms with Crippen molar-refractivity contribution in [2.45, 2.75) is 13.8 Å². The molecule has 0 radical (unpaired) electrons. The standard InChI is InChI=1S/C28H22O4/c1-17-16-24(19-10-4-3-5-11-19)18(2)26(21-13-7-9-15-23(21)28(31)32)25(17)20-12-6-8-14-22(20)27(29)30/h3-16H,1-2H3,(H,29,30)(H,31,32). The molecule has 4 nitrogen and oxygen atoms in total. The number of hydrogen-bond donors (Lipinski definition) is 2. The van der Waals surface area contributed by atoms with Crippen molar-refractivity contribution in [3.05, 3.63) is 107 Å². The van der Waals surface area contributed by atoms with E-state index in [9.17, 15) is 19.8 Å². The molecule has 0 fully saturated rings. The van der Waals surface area contributed by atoms with Gasteiger partial charge in [-0.3, -0.25) is 0 Å². The van der Waals surface area contributed by atoms with Gasteiger partial charge < -0.3 is 10.2 Å². The van der Waals surface area contributed by atoms with Crippen LogP contribution in [0.1, 0.15) is 31.8 Å². The van der Waals surface area contributed by atoms with Crippen LogP contribution >= 0.6 is 0 Å². The SMILES string of the molecule is Cc1cc(-c2ccccc2)c(C)c(-c2ccccc2C(=O)O)c1-c1ccccc1C(=O)O. The molecule has 0 heterocycles. The monoisotopic (exact) mass is 422 g/mol. The zero-order valence-electron chi connectivity index (χ0n) is 17.8. The summed E-state index contributed by atoms with van der Waals surface area (Å²) in [7, 11) is 0. The topological polar surface area (TPSA) is 74.6 Å². The van der Waals surface area contributed by atoms with Crippen LogP contribution in [-0.4, -0.2) is 22.2 Å². The number of hydrogen-bond acceptors (Lipinski definition) is 2. The third-order valence-corrected chi connectivity index (χ3v) is 5.72. The van der Waals surface area contributed by atoms with Crippen LogP contribution < -0.4 is 0 Å². The van der Waals surface area contributed by atoms with Crippen LogP contribution in [0.4, 0.5) is 0 Å². The van der Waals surface area contributed by atoms with Crippen molar-refractivity contribution in [2.75, 3.05) is 0 Å². The minimum atomic E-state index is -1.03. The molecule has 0 atom stereocenters. The molecule has 0 saturated heterocycles. The predicted octanol–water partition coefficient (Wildman–Crippen LogP) is 6.70. The first kappa shape index (κ1) is 21.1. The molecule has 0 aliphatic carbocycles. The lowest BCUT2D eigenvalue weighted by atomic mass is 9.81. The van der Waals surface area contributed by atoms with Crippen LogP contribution in [0, 0.1) is 13.8 Å². The number of benzene rings is 4. The molecule has 0 aromatic heterocycles. The first-order valence-corrected chi connectivity index (χ1v) is 10.2. The van der Waals surface area contributed by atoms with E-state index in [4.69, 9.17) is 0 Å². The highest BCUT2D eigenvalue weighted by Gasteiger charge is 2.23. The second kappa shape index (κ2) is 8.52. The van der Waals surface area contributed by atoms with Gasteiger partial charge in [-0.05, 0) is 70.5 Å². The van der Waals surface area contributed by atoms with Crippen molar-refractivity contribution >= 4 is 11.9 Å². The summed E-state index contributed by atoms with van der Waals surface area (Å²) < 4.78 is 0. The number of carboxylic acid groups (broad SMARTS) is 2. The zero-order valence-corrected chi connectivity index (χ0v) is 17.8. The van der Waals surface area contributed by atoms with E-state index in [1.165, 1.54) is 0 Å². The maximum absolute atomic E-state index is 12.1. The molecule has 4 heteroatoms. The lowest BCUT2D eigenvalue weighted by molar-refractivity contribution is 0.0686. The Hall–Kier alpha value is -4.18. The highest BCUT2D eigenvalue weighted by atomic mass is 16.4. The summed E-state index contributed by atoms with van der Waals surface area (Å²) in [6.07, 6.45) is 0. The fourth-order valence-electron chi connectivity index (χ4n) is 4.29. The molecule has 4 aromatic carbocycles. The molecule has 0 saturated carbocycles. The lowest BCUT2D eigenvalue weighted by Crippen LogP contribution is -2.05. The fraction of sp³-hybridized carbons (Fsp3) is 0.0714. The molecule has 0 amide bonds. The van der Waals surface area contributed by atoms with Crippen molar-refractivity contribution in [1.82, 2.24) is 0 Å². The minimum Gasteiger partial charge on any atom is -0.478 e. The van der Waals surface area contributed by atoms with E-state index in [1.807, 2.05) is 50.2 Å². The summed E-state index contributed by atoms with van der Waals surface area (Å²) in [5, 5.41) is 19.7. The Balaban J connectivity index is 2.16. The third-order valence-electron chi connectivity index (χ3n) is 5.72. The third kappa shape index (κ3) is 3.67. The Morgan fingerprint density at radius 1 is 0.594 bits per heavy atom. The van der Waals surface area contributed by atoms with Gasteiger partial charge in [0.2, 0.25) is 0 Å². The fourth-order valence-corrected chi connectivity index (χ4v) is 4.29. The highest BCUT2D eigenvalue weighted by molar-refractivity contribution is 6.05. The summed E-state index contributed by atoms with van der Waals surface area (Å²) in [5.74, 6) is -2.05. The molecule has 0 aliphatic heterocycles. The van der Waals surface area contributed by atoms with Crippen molar-refractivity contribution in [3.8, 4) is 33.4 Å². The first-order valence-electron chi connectivity index (χ1n) is 10.2. The normalized spacial score (nSPS) is 10.7. The molecule has 0 aliphatic rings. The molecule has 4 aromatic rings. The average molecular weight is 422 g/mol. The van der Waals surface area contributed by atoms with E-state index in [2.05, 4.69) is 0 Å². The number of aromatic carboxylic acids is 2.